The molecule has 1 aromatic carbocycles. The number of nitriles is 1. The van der Waals surface area contributed by atoms with Crippen molar-refractivity contribution in [1.82, 2.24) is 9.78 Å². The van der Waals surface area contributed by atoms with E-state index in [1.54, 1.807) is 24.5 Å². The summed E-state index contributed by atoms with van der Waals surface area (Å²) in [7, 11) is 0. The summed E-state index contributed by atoms with van der Waals surface area (Å²) in [6.45, 7) is 0. The molecule has 1 aromatic heterocycles. The summed E-state index contributed by atoms with van der Waals surface area (Å²) >= 11 is 1.36. The van der Waals surface area contributed by atoms with Gasteiger partial charge in [-0.2, -0.15) is 23.5 Å². The zero-order chi connectivity index (χ0) is 14.0. The molecule has 0 unspecified atom stereocenters. The summed E-state index contributed by atoms with van der Waals surface area (Å²) in [5, 5.41) is 12.8. The molecule has 2 rings (SSSR count). The van der Waals surface area contributed by atoms with Crippen molar-refractivity contribution in [3.8, 4) is 11.8 Å². The third-order valence-electron chi connectivity index (χ3n) is 2.49. The summed E-state index contributed by atoms with van der Waals surface area (Å²) in [6.07, 6.45) is -1.03. The number of benzene rings is 1. The third-order valence-corrected chi connectivity index (χ3v) is 3.27. The van der Waals surface area contributed by atoms with Crippen LogP contribution in [0.1, 0.15) is 11.1 Å². The fourth-order valence-electron chi connectivity index (χ4n) is 1.59. The van der Waals surface area contributed by atoms with Crippen LogP contribution < -0.4 is 0 Å². The first-order valence-corrected chi connectivity index (χ1v) is 6.39. The molecule has 0 saturated heterocycles. The van der Waals surface area contributed by atoms with Gasteiger partial charge in [-0.1, -0.05) is 6.07 Å². The highest BCUT2D eigenvalue weighted by atomic mass is 32.2. The molecule has 0 spiro atoms. The summed E-state index contributed by atoms with van der Waals surface area (Å²) < 4.78 is 38.6. The number of nitrogens with zero attached hydrogens (tertiary/aromatic N) is 3. The quantitative estimate of drug-likeness (QED) is 0.792. The highest BCUT2D eigenvalue weighted by Crippen LogP contribution is 2.30. The van der Waals surface area contributed by atoms with Crippen molar-refractivity contribution in [2.24, 2.45) is 0 Å². The highest BCUT2D eigenvalue weighted by Gasteiger charge is 2.32. The molecule has 0 fully saturated rings. The lowest BCUT2D eigenvalue weighted by Gasteiger charge is -2.07. The molecule has 1 heterocycles. The van der Waals surface area contributed by atoms with Crippen molar-refractivity contribution in [3.63, 3.8) is 0 Å². The third kappa shape index (κ3) is 2.58. The van der Waals surface area contributed by atoms with Gasteiger partial charge in [0, 0.05) is 11.1 Å². The van der Waals surface area contributed by atoms with Gasteiger partial charge in [0.25, 0.3) is 0 Å². The standard InChI is InChI=1S/C12H8F3N3S/c1-19-11-4-2-3-10(9(11)5-16)18-7-8(6-17-18)12(13,14)15/h2-4,6-7H,1H3. The van der Waals surface area contributed by atoms with Crippen LogP contribution in [-0.4, -0.2) is 16.0 Å². The highest BCUT2D eigenvalue weighted by molar-refractivity contribution is 7.98. The molecule has 0 aliphatic rings. The lowest BCUT2D eigenvalue weighted by Crippen LogP contribution is -2.03. The van der Waals surface area contributed by atoms with E-state index >= 15 is 0 Å². The minimum atomic E-state index is -4.44. The summed E-state index contributed by atoms with van der Waals surface area (Å²) in [6, 6.07) is 6.97. The number of aromatic nitrogens is 2. The largest absolute Gasteiger partial charge is 0.419 e. The zero-order valence-corrected chi connectivity index (χ0v) is 10.6. The van der Waals surface area contributed by atoms with E-state index in [-0.39, 0.29) is 0 Å². The first kappa shape index (κ1) is 13.5. The molecule has 3 nitrogen and oxygen atoms in total. The summed E-state index contributed by atoms with van der Waals surface area (Å²) in [4.78, 5) is 0.698. The molecule has 0 atom stereocenters. The van der Waals surface area contributed by atoms with Gasteiger partial charge in [0.15, 0.2) is 0 Å². The molecule has 0 bridgehead atoms. The Morgan fingerprint density at radius 2 is 2.11 bits per heavy atom. The van der Waals surface area contributed by atoms with Crippen LogP contribution in [0.15, 0.2) is 35.5 Å². The molecule has 19 heavy (non-hydrogen) atoms. The smallest absolute Gasteiger partial charge is 0.239 e. The lowest BCUT2D eigenvalue weighted by molar-refractivity contribution is -0.137. The molecule has 0 N–H and O–H groups in total. The lowest BCUT2D eigenvalue weighted by atomic mass is 10.2. The molecule has 0 aliphatic carbocycles. The predicted octanol–water partition coefficient (Wildman–Crippen LogP) is 3.48. The first-order chi connectivity index (χ1) is 8.97. The molecular weight excluding hydrogens is 275 g/mol. The maximum Gasteiger partial charge on any atom is 0.419 e. The zero-order valence-electron chi connectivity index (χ0n) is 9.77. The SMILES string of the molecule is CSc1cccc(-n2cc(C(F)(F)F)cn2)c1C#N. The van der Waals surface area contributed by atoms with E-state index in [4.69, 9.17) is 5.26 Å². The average molecular weight is 283 g/mol. The van der Waals surface area contributed by atoms with Crippen LogP contribution in [0.2, 0.25) is 0 Å². The average Bonchev–Trinajstić information content (AvgIpc) is 2.86. The van der Waals surface area contributed by atoms with Gasteiger partial charge in [-0.05, 0) is 18.4 Å². The second kappa shape index (κ2) is 4.97. The van der Waals surface area contributed by atoms with E-state index < -0.39 is 11.7 Å². The molecule has 7 heteroatoms. The normalized spacial score (nSPS) is 11.3. The Hall–Kier alpha value is -1.94. The van der Waals surface area contributed by atoms with Crippen LogP contribution in [-0.2, 0) is 6.18 Å². The molecule has 0 saturated carbocycles. The van der Waals surface area contributed by atoms with Gasteiger partial charge >= 0.3 is 6.18 Å². The Balaban J connectivity index is 2.54. The van der Waals surface area contributed by atoms with Crippen LogP contribution in [0.25, 0.3) is 5.69 Å². The molecule has 0 aliphatic heterocycles. The number of alkyl halides is 3. The number of hydrogen-bond donors (Lipinski definition) is 0. The molecule has 0 amide bonds. The van der Waals surface area contributed by atoms with Gasteiger partial charge in [0.1, 0.15) is 6.07 Å². The van der Waals surface area contributed by atoms with Crippen molar-refractivity contribution >= 4 is 11.8 Å². The van der Waals surface area contributed by atoms with Crippen LogP contribution in [0.5, 0.6) is 0 Å². The maximum atomic E-state index is 12.5. The van der Waals surface area contributed by atoms with E-state index in [1.165, 1.54) is 11.8 Å². The maximum absolute atomic E-state index is 12.5. The van der Waals surface area contributed by atoms with Gasteiger partial charge < -0.3 is 0 Å². The van der Waals surface area contributed by atoms with Gasteiger partial charge in [-0.15, -0.1) is 11.8 Å². The monoisotopic (exact) mass is 283 g/mol. The number of rotatable bonds is 2. The van der Waals surface area contributed by atoms with E-state index in [0.29, 0.717) is 16.1 Å². The van der Waals surface area contributed by atoms with Crippen molar-refractivity contribution in [3.05, 3.63) is 41.7 Å². The summed E-state index contributed by atoms with van der Waals surface area (Å²) in [5.41, 5.74) is -0.192. The van der Waals surface area contributed by atoms with Crippen LogP contribution in [0.4, 0.5) is 13.2 Å². The second-order valence-corrected chi connectivity index (χ2v) is 4.49. The van der Waals surface area contributed by atoms with Gasteiger partial charge in [0.05, 0.1) is 23.0 Å². The second-order valence-electron chi connectivity index (χ2n) is 3.64. The molecule has 2 aromatic rings. The minimum Gasteiger partial charge on any atom is -0.239 e. The van der Waals surface area contributed by atoms with Crippen molar-refractivity contribution < 1.29 is 13.2 Å². The van der Waals surface area contributed by atoms with Crippen molar-refractivity contribution in [1.29, 1.82) is 5.26 Å². The molecule has 0 radical (unpaired) electrons. The predicted molar refractivity (Wildman–Crippen MR) is 65.1 cm³/mol. The fraction of sp³-hybridized carbons (Fsp3) is 0.167. The Labute approximate surface area is 111 Å². The van der Waals surface area contributed by atoms with Gasteiger partial charge in [-0.3, -0.25) is 0 Å². The molecule has 98 valence electrons. The number of halogens is 3. The van der Waals surface area contributed by atoms with Crippen molar-refractivity contribution in [2.75, 3.05) is 6.26 Å². The van der Waals surface area contributed by atoms with E-state index in [9.17, 15) is 13.2 Å². The minimum absolute atomic E-state index is 0.312. The topological polar surface area (TPSA) is 41.6 Å². The Kier molecular flexibility index (Phi) is 3.53. The molecular formula is C12H8F3N3S. The Morgan fingerprint density at radius 1 is 1.37 bits per heavy atom. The summed E-state index contributed by atoms with van der Waals surface area (Å²) in [5.74, 6) is 0. The Bertz CT molecular complexity index is 640. The van der Waals surface area contributed by atoms with Crippen molar-refractivity contribution in [2.45, 2.75) is 11.1 Å². The van der Waals surface area contributed by atoms with E-state index in [2.05, 4.69) is 5.10 Å². The van der Waals surface area contributed by atoms with E-state index in [1.807, 2.05) is 6.07 Å². The van der Waals surface area contributed by atoms with Crippen LogP contribution in [0, 0.1) is 11.3 Å². The first-order valence-electron chi connectivity index (χ1n) is 5.16. The van der Waals surface area contributed by atoms with Gasteiger partial charge in [0.2, 0.25) is 0 Å². The number of hydrogen-bond acceptors (Lipinski definition) is 3. The van der Waals surface area contributed by atoms with Crippen LogP contribution in [0.3, 0.4) is 0 Å². The van der Waals surface area contributed by atoms with E-state index in [0.717, 1.165) is 17.1 Å². The van der Waals surface area contributed by atoms with Crippen LogP contribution >= 0.6 is 11.8 Å². The fourth-order valence-corrected chi connectivity index (χ4v) is 2.16. The number of thioether (sulfide) groups is 1. The van der Waals surface area contributed by atoms with Gasteiger partial charge in [-0.25, -0.2) is 4.68 Å². The Morgan fingerprint density at radius 3 is 2.63 bits per heavy atom.